The van der Waals surface area contributed by atoms with Crippen molar-refractivity contribution in [2.45, 2.75) is 51.5 Å². The fourth-order valence-electron chi connectivity index (χ4n) is 3.44. The Morgan fingerprint density at radius 1 is 1.18 bits per heavy atom. The lowest BCUT2D eigenvalue weighted by Crippen LogP contribution is -2.42. The van der Waals surface area contributed by atoms with Gasteiger partial charge in [0.25, 0.3) is 0 Å². The normalized spacial score (nSPS) is 34.4. The summed E-state index contributed by atoms with van der Waals surface area (Å²) in [7, 11) is 2.34. The third-order valence-corrected chi connectivity index (χ3v) is 4.48. The number of nitrogens with zero attached hydrogens (tertiary/aromatic N) is 1. The summed E-state index contributed by atoms with van der Waals surface area (Å²) < 4.78 is 0. The van der Waals surface area contributed by atoms with E-state index < -0.39 is 0 Å². The molecule has 3 heteroatoms. The molecule has 1 N–H and O–H groups in total. The Morgan fingerprint density at radius 3 is 2.65 bits per heavy atom. The number of hydrogen-bond donors (Lipinski definition) is 1. The Kier molecular flexibility index (Phi) is 6.83. The number of nitrogens with one attached hydrogen (secondary N) is 1. The lowest BCUT2D eigenvalue weighted by molar-refractivity contribution is 0.136. The van der Waals surface area contributed by atoms with Crippen LogP contribution in [0.5, 0.6) is 0 Å². The molecule has 102 valence electrons. The van der Waals surface area contributed by atoms with Crippen molar-refractivity contribution in [1.29, 1.82) is 0 Å². The molecule has 3 atom stereocenters. The van der Waals surface area contributed by atoms with Crippen molar-refractivity contribution in [2.75, 3.05) is 26.7 Å². The first kappa shape index (κ1) is 15.3. The summed E-state index contributed by atoms with van der Waals surface area (Å²) in [6.07, 6.45) is 8.56. The molecule has 1 saturated heterocycles. The van der Waals surface area contributed by atoms with Crippen molar-refractivity contribution in [3.63, 3.8) is 0 Å². The van der Waals surface area contributed by atoms with Gasteiger partial charge in [0.15, 0.2) is 0 Å². The molecule has 17 heavy (non-hydrogen) atoms. The third kappa shape index (κ3) is 4.76. The first-order chi connectivity index (χ1) is 7.75. The molecule has 0 aromatic heterocycles. The van der Waals surface area contributed by atoms with E-state index in [1.165, 1.54) is 58.2 Å². The molecule has 0 spiro atoms. The number of halogens is 1. The largest absolute Gasteiger partial charge is 0.316 e. The highest BCUT2D eigenvalue weighted by atomic mass is 35.5. The highest BCUT2D eigenvalue weighted by Crippen LogP contribution is 2.27. The van der Waals surface area contributed by atoms with Gasteiger partial charge in [-0.25, -0.2) is 0 Å². The Morgan fingerprint density at radius 2 is 2.00 bits per heavy atom. The summed E-state index contributed by atoms with van der Waals surface area (Å²) in [5.41, 5.74) is 0. The molecule has 1 aliphatic carbocycles. The maximum Gasteiger partial charge on any atom is 0.00948 e. The molecule has 0 radical (unpaired) electrons. The smallest absolute Gasteiger partial charge is 0.00948 e. The van der Waals surface area contributed by atoms with Gasteiger partial charge in [-0.15, -0.1) is 12.4 Å². The van der Waals surface area contributed by atoms with Crippen LogP contribution in [0, 0.1) is 11.8 Å². The summed E-state index contributed by atoms with van der Waals surface area (Å²) in [4.78, 5) is 2.65. The molecule has 1 heterocycles. The van der Waals surface area contributed by atoms with Crippen LogP contribution in [0.4, 0.5) is 0 Å². The van der Waals surface area contributed by atoms with Crippen LogP contribution >= 0.6 is 12.4 Å². The van der Waals surface area contributed by atoms with Gasteiger partial charge in [0.05, 0.1) is 0 Å². The summed E-state index contributed by atoms with van der Waals surface area (Å²) in [5, 5.41) is 3.53. The zero-order valence-corrected chi connectivity index (χ0v) is 12.3. The van der Waals surface area contributed by atoms with E-state index >= 15 is 0 Å². The van der Waals surface area contributed by atoms with E-state index in [1.807, 2.05) is 0 Å². The minimum atomic E-state index is 0. The predicted octanol–water partition coefficient (Wildman–Crippen LogP) is 2.92. The van der Waals surface area contributed by atoms with E-state index in [9.17, 15) is 0 Å². The topological polar surface area (TPSA) is 15.3 Å². The molecular formula is C14H29ClN2. The van der Waals surface area contributed by atoms with Gasteiger partial charge in [-0.1, -0.05) is 19.8 Å². The molecule has 0 aromatic carbocycles. The van der Waals surface area contributed by atoms with E-state index in [1.54, 1.807) is 0 Å². The minimum absolute atomic E-state index is 0. The SMILES string of the molecule is CC1CCCC(N(C)CC2CCCNC2)C1.Cl. The molecule has 1 aliphatic heterocycles. The summed E-state index contributed by atoms with van der Waals surface area (Å²) in [6, 6.07) is 0.866. The summed E-state index contributed by atoms with van der Waals surface area (Å²) >= 11 is 0. The van der Waals surface area contributed by atoms with Crippen LogP contribution in [0.3, 0.4) is 0 Å². The fourth-order valence-corrected chi connectivity index (χ4v) is 3.44. The van der Waals surface area contributed by atoms with Gasteiger partial charge in [-0.2, -0.15) is 0 Å². The molecule has 3 unspecified atom stereocenters. The van der Waals surface area contributed by atoms with E-state index in [4.69, 9.17) is 0 Å². The van der Waals surface area contributed by atoms with Crippen molar-refractivity contribution in [3.8, 4) is 0 Å². The highest BCUT2D eigenvalue weighted by Gasteiger charge is 2.24. The molecule has 1 saturated carbocycles. The molecule has 0 bridgehead atoms. The van der Waals surface area contributed by atoms with Gasteiger partial charge in [-0.3, -0.25) is 0 Å². The average Bonchev–Trinajstić information content (AvgIpc) is 2.30. The van der Waals surface area contributed by atoms with Crippen LogP contribution < -0.4 is 5.32 Å². The van der Waals surface area contributed by atoms with Gasteiger partial charge in [0, 0.05) is 12.6 Å². The Balaban J connectivity index is 0.00000144. The van der Waals surface area contributed by atoms with Crippen LogP contribution in [-0.2, 0) is 0 Å². The Labute approximate surface area is 113 Å². The van der Waals surface area contributed by atoms with Crippen molar-refractivity contribution in [3.05, 3.63) is 0 Å². The fraction of sp³-hybridized carbons (Fsp3) is 1.00. The average molecular weight is 261 g/mol. The third-order valence-electron chi connectivity index (χ3n) is 4.48. The van der Waals surface area contributed by atoms with Gasteiger partial charge in [0.2, 0.25) is 0 Å². The summed E-state index contributed by atoms with van der Waals surface area (Å²) in [6.45, 7) is 6.21. The Bertz CT molecular complexity index is 204. The number of hydrogen-bond acceptors (Lipinski definition) is 2. The molecule has 0 amide bonds. The first-order valence-electron chi connectivity index (χ1n) is 7.16. The lowest BCUT2D eigenvalue weighted by Gasteiger charge is -2.37. The molecule has 0 aromatic rings. The van der Waals surface area contributed by atoms with Crippen LogP contribution in [0.1, 0.15) is 45.4 Å². The summed E-state index contributed by atoms with van der Waals surface area (Å²) in [5.74, 6) is 1.85. The van der Waals surface area contributed by atoms with Gasteiger partial charge >= 0.3 is 0 Å². The monoisotopic (exact) mass is 260 g/mol. The molecular weight excluding hydrogens is 232 g/mol. The van der Waals surface area contributed by atoms with Crippen molar-refractivity contribution >= 4 is 12.4 Å². The van der Waals surface area contributed by atoms with E-state index in [-0.39, 0.29) is 12.4 Å². The first-order valence-corrected chi connectivity index (χ1v) is 7.16. The highest BCUT2D eigenvalue weighted by molar-refractivity contribution is 5.85. The van der Waals surface area contributed by atoms with Crippen molar-refractivity contribution in [2.24, 2.45) is 11.8 Å². The second kappa shape index (κ2) is 7.60. The van der Waals surface area contributed by atoms with Crippen molar-refractivity contribution < 1.29 is 0 Å². The van der Waals surface area contributed by atoms with Gasteiger partial charge in [0.1, 0.15) is 0 Å². The minimum Gasteiger partial charge on any atom is -0.316 e. The lowest BCUT2D eigenvalue weighted by atomic mass is 9.86. The zero-order chi connectivity index (χ0) is 11.4. The van der Waals surface area contributed by atoms with Crippen LogP contribution in [0.25, 0.3) is 0 Å². The van der Waals surface area contributed by atoms with Gasteiger partial charge < -0.3 is 10.2 Å². The van der Waals surface area contributed by atoms with Crippen LogP contribution in [-0.4, -0.2) is 37.6 Å². The second-order valence-electron chi connectivity index (χ2n) is 6.08. The molecule has 2 fully saturated rings. The van der Waals surface area contributed by atoms with Crippen LogP contribution in [0.15, 0.2) is 0 Å². The maximum atomic E-state index is 3.53. The number of rotatable bonds is 3. The molecule has 2 rings (SSSR count). The zero-order valence-electron chi connectivity index (χ0n) is 11.5. The quantitative estimate of drug-likeness (QED) is 0.840. The second-order valence-corrected chi connectivity index (χ2v) is 6.08. The van der Waals surface area contributed by atoms with E-state index in [2.05, 4.69) is 24.2 Å². The predicted molar refractivity (Wildman–Crippen MR) is 76.9 cm³/mol. The Hall–Kier alpha value is 0.210. The maximum absolute atomic E-state index is 3.53. The standard InChI is InChI=1S/C14H28N2.ClH/c1-12-5-3-7-14(9-12)16(2)11-13-6-4-8-15-10-13;/h12-15H,3-11H2,1-2H3;1H. The van der Waals surface area contributed by atoms with Gasteiger partial charge in [-0.05, 0) is 57.7 Å². The molecule has 2 aliphatic rings. The van der Waals surface area contributed by atoms with E-state index in [0.29, 0.717) is 0 Å². The van der Waals surface area contributed by atoms with Crippen LogP contribution in [0.2, 0.25) is 0 Å². The number of piperidine rings is 1. The van der Waals surface area contributed by atoms with E-state index in [0.717, 1.165) is 17.9 Å². The molecule has 2 nitrogen and oxygen atoms in total. The van der Waals surface area contributed by atoms with Crippen molar-refractivity contribution in [1.82, 2.24) is 10.2 Å².